The Morgan fingerprint density at radius 1 is 1.30 bits per heavy atom. The number of phenolic OH excluding ortho intramolecular Hbond substituents is 1. The van der Waals surface area contributed by atoms with Crippen LogP contribution in [0.2, 0.25) is 0 Å². The molecule has 0 atom stereocenters. The van der Waals surface area contributed by atoms with Crippen LogP contribution in [0.4, 0.5) is 8.78 Å². The van der Waals surface area contributed by atoms with Gasteiger partial charge in [0.1, 0.15) is 5.75 Å². The minimum Gasteiger partial charge on any atom is -0.508 e. The van der Waals surface area contributed by atoms with Crippen LogP contribution in [0.1, 0.15) is 5.56 Å². The van der Waals surface area contributed by atoms with E-state index in [0.29, 0.717) is 0 Å². The van der Waals surface area contributed by atoms with Crippen molar-refractivity contribution in [3.05, 3.63) is 29.3 Å². The van der Waals surface area contributed by atoms with Crippen LogP contribution in [-0.2, 0) is 0 Å². The van der Waals surface area contributed by atoms with Crippen LogP contribution in [0, 0.1) is 18.6 Å². The van der Waals surface area contributed by atoms with E-state index in [1.165, 1.54) is 13.0 Å². The zero-order chi connectivity index (χ0) is 7.72. The van der Waals surface area contributed by atoms with Gasteiger partial charge in [0.2, 0.25) is 0 Å². The normalized spacial score (nSPS) is 9.90. The van der Waals surface area contributed by atoms with Gasteiger partial charge in [-0.2, -0.15) is 0 Å². The highest BCUT2D eigenvalue weighted by Gasteiger charge is 2.05. The van der Waals surface area contributed by atoms with Gasteiger partial charge in [-0.05, 0) is 18.6 Å². The van der Waals surface area contributed by atoms with Crippen molar-refractivity contribution < 1.29 is 13.9 Å². The Kier molecular flexibility index (Phi) is 1.57. The number of halogens is 2. The molecule has 1 N–H and O–H groups in total. The molecule has 0 aliphatic carbocycles. The predicted octanol–water partition coefficient (Wildman–Crippen LogP) is 1.98. The number of aryl methyl sites for hydroxylation is 1. The van der Waals surface area contributed by atoms with E-state index in [2.05, 4.69) is 0 Å². The van der Waals surface area contributed by atoms with Crippen molar-refractivity contribution in [3.8, 4) is 5.75 Å². The monoisotopic (exact) mass is 144 g/mol. The molecule has 0 saturated carbocycles. The first-order chi connectivity index (χ1) is 4.61. The topological polar surface area (TPSA) is 20.2 Å². The van der Waals surface area contributed by atoms with Crippen LogP contribution < -0.4 is 0 Å². The quantitative estimate of drug-likeness (QED) is 0.590. The summed E-state index contributed by atoms with van der Waals surface area (Å²) in [6.45, 7) is 1.39. The molecule has 0 aromatic heterocycles. The summed E-state index contributed by atoms with van der Waals surface area (Å²) < 4.78 is 24.7. The third-order valence-electron chi connectivity index (χ3n) is 1.19. The summed E-state index contributed by atoms with van der Waals surface area (Å²) in [5, 5.41) is 8.71. The SMILES string of the molecule is Cc1cc(O)cc(F)c1F. The van der Waals surface area contributed by atoms with E-state index in [4.69, 9.17) is 5.11 Å². The fourth-order valence-corrected chi connectivity index (χ4v) is 0.708. The van der Waals surface area contributed by atoms with Crippen molar-refractivity contribution >= 4 is 0 Å². The smallest absolute Gasteiger partial charge is 0.162 e. The Morgan fingerprint density at radius 2 is 1.90 bits per heavy atom. The first-order valence-electron chi connectivity index (χ1n) is 2.76. The maximum atomic E-state index is 12.4. The average molecular weight is 144 g/mol. The number of rotatable bonds is 0. The molecule has 1 aromatic rings. The van der Waals surface area contributed by atoms with Gasteiger partial charge in [-0.15, -0.1) is 0 Å². The molecular formula is C7H6F2O. The minimum atomic E-state index is -1.02. The predicted molar refractivity (Wildman–Crippen MR) is 32.8 cm³/mol. The first-order valence-corrected chi connectivity index (χ1v) is 2.76. The Labute approximate surface area is 56.9 Å². The van der Waals surface area contributed by atoms with Crippen molar-refractivity contribution in [3.63, 3.8) is 0 Å². The summed E-state index contributed by atoms with van der Waals surface area (Å²) >= 11 is 0. The average Bonchev–Trinajstić information content (AvgIpc) is 1.82. The zero-order valence-electron chi connectivity index (χ0n) is 5.36. The van der Waals surface area contributed by atoms with Crippen molar-refractivity contribution in [2.75, 3.05) is 0 Å². The molecule has 1 rings (SSSR count). The van der Waals surface area contributed by atoms with Crippen LogP contribution >= 0.6 is 0 Å². The third-order valence-corrected chi connectivity index (χ3v) is 1.19. The van der Waals surface area contributed by atoms with Crippen molar-refractivity contribution in [2.24, 2.45) is 0 Å². The molecule has 0 amide bonds. The van der Waals surface area contributed by atoms with Crippen LogP contribution in [0.5, 0.6) is 5.75 Å². The van der Waals surface area contributed by atoms with Crippen molar-refractivity contribution in [1.82, 2.24) is 0 Å². The standard InChI is InChI=1S/C7H6F2O/c1-4-2-5(10)3-6(8)7(4)9/h2-3,10H,1H3. The van der Waals surface area contributed by atoms with E-state index in [1.807, 2.05) is 0 Å². The van der Waals surface area contributed by atoms with Crippen molar-refractivity contribution in [1.29, 1.82) is 0 Å². The van der Waals surface area contributed by atoms with Gasteiger partial charge in [0.05, 0.1) is 0 Å². The minimum absolute atomic E-state index is 0.109. The lowest BCUT2D eigenvalue weighted by atomic mass is 10.2. The fourth-order valence-electron chi connectivity index (χ4n) is 0.708. The molecule has 0 heterocycles. The number of benzene rings is 1. The third kappa shape index (κ3) is 1.07. The maximum absolute atomic E-state index is 12.4. The highest BCUT2D eigenvalue weighted by atomic mass is 19.2. The van der Waals surface area contributed by atoms with E-state index in [9.17, 15) is 8.78 Å². The Balaban J connectivity index is 3.31. The lowest BCUT2D eigenvalue weighted by Gasteiger charge is -1.97. The Hall–Kier alpha value is -1.12. The summed E-state index contributed by atoms with van der Waals surface area (Å²) in [5.74, 6) is -2.17. The van der Waals surface area contributed by atoms with E-state index >= 15 is 0 Å². The number of hydrogen-bond donors (Lipinski definition) is 1. The molecule has 1 nitrogen and oxygen atoms in total. The molecule has 54 valence electrons. The van der Waals surface area contributed by atoms with E-state index < -0.39 is 11.6 Å². The Bertz CT molecular complexity index is 235. The molecule has 0 spiro atoms. The molecule has 0 fully saturated rings. The molecule has 10 heavy (non-hydrogen) atoms. The summed E-state index contributed by atoms with van der Waals surface area (Å²) in [6, 6.07) is 1.90. The fraction of sp³-hybridized carbons (Fsp3) is 0.143. The molecule has 3 heteroatoms. The second-order valence-electron chi connectivity index (χ2n) is 2.06. The summed E-state index contributed by atoms with van der Waals surface area (Å²) in [5.41, 5.74) is 0.109. The van der Waals surface area contributed by atoms with Crippen molar-refractivity contribution in [2.45, 2.75) is 6.92 Å². The molecule has 0 bridgehead atoms. The summed E-state index contributed by atoms with van der Waals surface area (Å²) in [4.78, 5) is 0. The van der Waals surface area contributed by atoms with Gasteiger partial charge in [0.25, 0.3) is 0 Å². The molecule has 1 aromatic carbocycles. The lowest BCUT2D eigenvalue weighted by molar-refractivity contribution is 0.452. The highest BCUT2D eigenvalue weighted by molar-refractivity contribution is 5.28. The molecule has 0 aliphatic heterocycles. The van der Waals surface area contributed by atoms with Crippen LogP contribution in [0.3, 0.4) is 0 Å². The summed E-state index contributed by atoms with van der Waals surface area (Å²) in [7, 11) is 0. The second kappa shape index (κ2) is 2.25. The first kappa shape index (κ1) is 6.99. The molecule has 0 radical (unpaired) electrons. The molecule has 0 saturated heterocycles. The highest BCUT2D eigenvalue weighted by Crippen LogP contribution is 2.17. The van der Waals surface area contributed by atoms with Crippen LogP contribution in [0.15, 0.2) is 12.1 Å². The van der Waals surface area contributed by atoms with E-state index in [1.54, 1.807) is 0 Å². The van der Waals surface area contributed by atoms with E-state index in [0.717, 1.165) is 6.07 Å². The van der Waals surface area contributed by atoms with Crippen LogP contribution in [0.25, 0.3) is 0 Å². The van der Waals surface area contributed by atoms with Gasteiger partial charge < -0.3 is 5.11 Å². The summed E-state index contributed by atoms with van der Waals surface area (Å²) in [6.07, 6.45) is 0. The maximum Gasteiger partial charge on any atom is 0.162 e. The number of phenols is 1. The molecule has 0 unspecified atom stereocenters. The van der Waals surface area contributed by atoms with Gasteiger partial charge in [0, 0.05) is 6.07 Å². The van der Waals surface area contributed by atoms with Gasteiger partial charge >= 0.3 is 0 Å². The van der Waals surface area contributed by atoms with Gasteiger partial charge in [-0.1, -0.05) is 0 Å². The molecule has 0 aliphatic rings. The molecular weight excluding hydrogens is 138 g/mol. The second-order valence-corrected chi connectivity index (χ2v) is 2.06. The van der Waals surface area contributed by atoms with Gasteiger partial charge in [-0.3, -0.25) is 0 Å². The number of hydrogen-bond acceptors (Lipinski definition) is 1. The Morgan fingerprint density at radius 3 is 2.40 bits per heavy atom. The van der Waals surface area contributed by atoms with Gasteiger partial charge in [0.15, 0.2) is 11.6 Å². The number of aromatic hydroxyl groups is 1. The van der Waals surface area contributed by atoms with Crippen LogP contribution in [-0.4, -0.2) is 5.11 Å². The zero-order valence-corrected chi connectivity index (χ0v) is 5.36. The van der Waals surface area contributed by atoms with Gasteiger partial charge in [-0.25, -0.2) is 8.78 Å². The lowest BCUT2D eigenvalue weighted by Crippen LogP contribution is -1.86. The largest absolute Gasteiger partial charge is 0.508 e. The van der Waals surface area contributed by atoms with E-state index in [-0.39, 0.29) is 11.3 Å².